The predicted octanol–water partition coefficient (Wildman–Crippen LogP) is 2.88. The first-order valence-corrected chi connectivity index (χ1v) is 10.8. The van der Waals surface area contributed by atoms with Crippen LogP contribution in [0.4, 0.5) is 16.2 Å². The minimum Gasteiger partial charge on any atom is -0.370 e. The first-order chi connectivity index (χ1) is 12.9. The Balaban J connectivity index is 1.47. The van der Waals surface area contributed by atoms with E-state index in [1.807, 2.05) is 49.5 Å². The van der Waals surface area contributed by atoms with Gasteiger partial charge in [0.15, 0.2) is 9.84 Å². The van der Waals surface area contributed by atoms with Crippen molar-refractivity contribution in [3.05, 3.63) is 60.2 Å². The van der Waals surface area contributed by atoms with E-state index in [0.717, 1.165) is 12.2 Å². The van der Waals surface area contributed by atoms with Gasteiger partial charge in [0.25, 0.3) is 0 Å². The zero-order valence-corrected chi connectivity index (χ0v) is 16.2. The number of nitrogens with zero attached hydrogens (tertiary/aromatic N) is 1. The maximum absolute atomic E-state index is 12.0. The van der Waals surface area contributed by atoms with Crippen molar-refractivity contribution in [1.82, 2.24) is 5.32 Å². The van der Waals surface area contributed by atoms with Gasteiger partial charge in [-0.2, -0.15) is 0 Å². The standard InChI is InChI=1S/C20H25N3O3S/c1-23(14-16-5-3-2-4-6-16)19-9-7-18(8-10-19)22-20(24)21-13-17-11-12-27(25,26)15-17/h2-10,17H,11-15H2,1H3,(H2,21,22,24). The third-order valence-corrected chi connectivity index (χ3v) is 6.54. The second-order valence-corrected chi connectivity index (χ2v) is 9.22. The number of carbonyl (C=O) groups excluding carboxylic acids is 1. The molecule has 3 rings (SSSR count). The third-order valence-electron chi connectivity index (χ3n) is 4.71. The lowest BCUT2D eigenvalue weighted by Gasteiger charge is -2.20. The number of benzene rings is 2. The Bertz CT molecular complexity index is 867. The molecule has 1 saturated heterocycles. The lowest BCUT2D eigenvalue weighted by Crippen LogP contribution is -2.33. The highest BCUT2D eigenvalue weighted by atomic mass is 32.2. The van der Waals surface area contributed by atoms with Gasteiger partial charge < -0.3 is 15.5 Å². The normalized spacial score (nSPS) is 18.0. The summed E-state index contributed by atoms with van der Waals surface area (Å²) in [6.45, 7) is 1.18. The van der Waals surface area contributed by atoms with Gasteiger partial charge in [0, 0.05) is 31.5 Å². The van der Waals surface area contributed by atoms with Gasteiger partial charge in [0.05, 0.1) is 11.5 Å². The topological polar surface area (TPSA) is 78.5 Å². The van der Waals surface area contributed by atoms with Crippen LogP contribution in [0.15, 0.2) is 54.6 Å². The number of hydrogen-bond donors (Lipinski definition) is 2. The molecule has 0 bridgehead atoms. The van der Waals surface area contributed by atoms with Crippen LogP contribution >= 0.6 is 0 Å². The maximum Gasteiger partial charge on any atom is 0.319 e. The minimum absolute atomic E-state index is 0.00904. The molecule has 1 fully saturated rings. The molecule has 1 aliphatic rings. The zero-order chi connectivity index (χ0) is 19.3. The summed E-state index contributed by atoms with van der Waals surface area (Å²) in [5.74, 6) is 0.393. The lowest BCUT2D eigenvalue weighted by atomic mass is 10.1. The van der Waals surface area contributed by atoms with Gasteiger partial charge in [0.1, 0.15) is 0 Å². The molecule has 7 heteroatoms. The van der Waals surface area contributed by atoms with Crippen LogP contribution in [0.1, 0.15) is 12.0 Å². The molecule has 27 heavy (non-hydrogen) atoms. The van der Waals surface area contributed by atoms with E-state index in [0.29, 0.717) is 18.7 Å². The summed E-state index contributed by atoms with van der Waals surface area (Å²) in [6.07, 6.45) is 0.616. The SMILES string of the molecule is CN(Cc1ccccc1)c1ccc(NC(=O)NCC2CCS(=O)(=O)C2)cc1. The third kappa shape index (κ3) is 5.72. The highest BCUT2D eigenvalue weighted by Crippen LogP contribution is 2.19. The minimum atomic E-state index is -2.91. The van der Waals surface area contributed by atoms with Gasteiger partial charge in [0.2, 0.25) is 0 Å². The van der Waals surface area contributed by atoms with E-state index in [9.17, 15) is 13.2 Å². The van der Waals surface area contributed by atoms with Crippen molar-refractivity contribution in [2.75, 3.05) is 35.3 Å². The van der Waals surface area contributed by atoms with Crippen LogP contribution < -0.4 is 15.5 Å². The Hall–Kier alpha value is -2.54. The molecule has 0 spiro atoms. The predicted molar refractivity (Wildman–Crippen MR) is 109 cm³/mol. The number of nitrogens with one attached hydrogen (secondary N) is 2. The molecule has 2 amide bonds. The average molecular weight is 388 g/mol. The van der Waals surface area contributed by atoms with E-state index in [-0.39, 0.29) is 23.5 Å². The quantitative estimate of drug-likeness (QED) is 0.799. The number of rotatable bonds is 6. The highest BCUT2D eigenvalue weighted by molar-refractivity contribution is 7.91. The molecule has 0 radical (unpaired) electrons. The summed E-state index contributed by atoms with van der Waals surface area (Å²) in [7, 11) is -0.889. The Kier molecular flexibility index (Phi) is 6.01. The van der Waals surface area contributed by atoms with Gasteiger partial charge in [-0.05, 0) is 42.2 Å². The van der Waals surface area contributed by atoms with Crippen LogP contribution in [0.2, 0.25) is 0 Å². The summed E-state index contributed by atoms with van der Waals surface area (Å²) >= 11 is 0. The Labute approximate surface area is 160 Å². The van der Waals surface area contributed by atoms with Crippen molar-refractivity contribution >= 4 is 27.2 Å². The first kappa shape index (κ1) is 19.2. The number of sulfone groups is 1. The van der Waals surface area contributed by atoms with Crippen molar-refractivity contribution in [3.8, 4) is 0 Å². The molecule has 0 saturated carbocycles. The lowest BCUT2D eigenvalue weighted by molar-refractivity contribution is 0.250. The van der Waals surface area contributed by atoms with E-state index in [1.165, 1.54) is 5.56 Å². The largest absolute Gasteiger partial charge is 0.370 e. The zero-order valence-electron chi connectivity index (χ0n) is 15.4. The summed E-state index contributed by atoms with van der Waals surface area (Å²) in [6, 6.07) is 17.5. The molecule has 2 aromatic carbocycles. The maximum atomic E-state index is 12.0. The molecule has 6 nitrogen and oxygen atoms in total. The number of urea groups is 1. The van der Waals surface area contributed by atoms with Gasteiger partial charge in [-0.1, -0.05) is 30.3 Å². The molecular weight excluding hydrogens is 362 g/mol. The molecule has 1 aliphatic heterocycles. The van der Waals surface area contributed by atoms with Crippen LogP contribution in [0.5, 0.6) is 0 Å². The number of amides is 2. The van der Waals surface area contributed by atoms with Crippen molar-refractivity contribution in [2.45, 2.75) is 13.0 Å². The number of hydrogen-bond acceptors (Lipinski definition) is 4. The smallest absolute Gasteiger partial charge is 0.319 e. The van der Waals surface area contributed by atoms with E-state index in [1.54, 1.807) is 0 Å². The summed E-state index contributed by atoms with van der Waals surface area (Å²) < 4.78 is 22.9. The van der Waals surface area contributed by atoms with Crippen LogP contribution in [-0.2, 0) is 16.4 Å². The Morgan fingerprint density at radius 2 is 1.81 bits per heavy atom. The molecule has 0 aromatic heterocycles. The van der Waals surface area contributed by atoms with Crippen LogP contribution in [0.3, 0.4) is 0 Å². The fourth-order valence-corrected chi connectivity index (χ4v) is 5.06. The van der Waals surface area contributed by atoms with Crippen LogP contribution in [0.25, 0.3) is 0 Å². The van der Waals surface area contributed by atoms with E-state index in [2.05, 4.69) is 27.7 Å². The molecule has 0 aliphatic carbocycles. The number of anilines is 2. The molecule has 1 heterocycles. The monoisotopic (exact) mass is 387 g/mol. The van der Waals surface area contributed by atoms with E-state index < -0.39 is 9.84 Å². The van der Waals surface area contributed by atoms with Crippen LogP contribution in [0, 0.1) is 5.92 Å². The number of carbonyl (C=O) groups is 1. The second kappa shape index (κ2) is 8.43. The van der Waals surface area contributed by atoms with Crippen molar-refractivity contribution in [1.29, 1.82) is 0 Å². The average Bonchev–Trinajstić information content (AvgIpc) is 3.00. The molecule has 144 valence electrons. The Morgan fingerprint density at radius 3 is 2.44 bits per heavy atom. The fraction of sp³-hybridized carbons (Fsp3) is 0.350. The molecule has 2 aromatic rings. The van der Waals surface area contributed by atoms with Gasteiger partial charge >= 0.3 is 6.03 Å². The molecular formula is C20H25N3O3S. The Morgan fingerprint density at radius 1 is 1.11 bits per heavy atom. The molecule has 1 atom stereocenters. The first-order valence-electron chi connectivity index (χ1n) is 9.02. The van der Waals surface area contributed by atoms with Crippen LogP contribution in [-0.4, -0.2) is 39.5 Å². The van der Waals surface area contributed by atoms with Gasteiger partial charge in [-0.25, -0.2) is 13.2 Å². The second-order valence-electron chi connectivity index (χ2n) is 6.99. The summed E-state index contributed by atoms with van der Waals surface area (Å²) in [5, 5.41) is 5.54. The summed E-state index contributed by atoms with van der Waals surface area (Å²) in [4.78, 5) is 14.1. The van der Waals surface area contributed by atoms with Gasteiger partial charge in [-0.15, -0.1) is 0 Å². The van der Waals surface area contributed by atoms with Crippen molar-refractivity contribution in [2.24, 2.45) is 5.92 Å². The molecule has 2 N–H and O–H groups in total. The summed E-state index contributed by atoms with van der Waals surface area (Å²) in [5.41, 5.74) is 2.99. The van der Waals surface area contributed by atoms with Gasteiger partial charge in [-0.3, -0.25) is 0 Å². The van der Waals surface area contributed by atoms with E-state index in [4.69, 9.17) is 0 Å². The highest BCUT2D eigenvalue weighted by Gasteiger charge is 2.27. The van der Waals surface area contributed by atoms with E-state index >= 15 is 0 Å². The van der Waals surface area contributed by atoms with Crippen molar-refractivity contribution < 1.29 is 13.2 Å². The van der Waals surface area contributed by atoms with Crippen molar-refractivity contribution in [3.63, 3.8) is 0 Å². The fourth-order valence-electron chi connectivity index (χ4n) is 3.19. The molecule has 1 unspecified atom stereocenters.